The van der Waals surface area contributed by atoms with E-state index < -0.39 is 0 Å². The van der Waals surface area contributed by atoms with Gasteiger partial charge < -0.3 is 15.0 Å². The average Bonchev–Trinajstić information content (AvgIpc) is 2.72. The quantitative estimate of drug-likeness (QED) is 0.796. The second kappa shape index (κ2) is 5.83. The van der Waals surface area contributed by atoms with E-state index in [1.807, 2.05) is 4.90 Å². The maximum absolute atomic E-state index is 12.3. The molecule has 2 fully saturated rings. The molecule has 4 nitrogen and oxygen atoms in total. The third-order valence-electron chi connectivity index (χ3n) is 4.07. The maximum Gasteiger partial charge on any atom is 0.239 e. The van der Waals surface area contributed by atoms with Crippen molar-refractivity contribution in [3.8, 4) is 0 Å². The van der Waals surface area contributed by atoms with Crippen LogP contribution < -0.4 is 5.32 Å². The van der Waals surface area contributed by atoms with Gasteiger partial charge >= 0.3 is 0 Å². The standard InChI is InChI=1S/C13H24N2O2/c1-10-7-15(8-11(10)9-17-2)13(16)12-5-3-4-6-14-12/h10-12,14H,3-9H2,1-2H3/t10-,11-,12+/m0/s1. The summed E-state index contributed by atoms with van der Waals surface area (Å²) in [6.07, 6.45) is 3.37. The molecule has 2 heterocycles. The Morgan fingerprint density at radius 1 is 1.41 bits per heavy atom. The van der Waals surface area contributed by atoms with Crippen LogP contribution in [0.4, 0.5) is 0 Å². The average molecular weight is 240 g/mol. The molecular weight excluding hydrogens is 216 g/mol. The number of methoxy groups -OCH3 is 1. The molecule has 0 bridgehead atoms. The zero-order valence-corrected chi connectivity index (χ0v) is 10.9. The van der Waals surface area contributed by atoms with E-state index in [0.29, 0.717) is 17.7 Å². The van der Waals surface area contributed by atoms with Crippen LogP contribution in [0.1, 0.15) is 26.2 Å². The van der Waals surface area contributed by atoms with Crippen molar-refractivity contribution in [1.82, 2.24) is 10.2 Å². The summed E-state index contributed by atoms with van der Waals surface area (Å²) in [5, 5.41) is 3.33. The van der Waals surface area contributed by atoms with E-state index in [1.165, 1.54) is 12.8 Å². The molecule has 1 N–H and O–H groups in total. The molecule has 4 heteroatoms. The molecule has 2 rings (SSSR count). The fourth-order valence-corrected chi connectivity index (χ4v) is 2.93. The van der Waals surface area contributed by atoms with E-state index in [4.69, 9.17) is 4.74 Å². The minimum absolute atomic E-state index is 0.0669. The van der Waals surface area contributed by atoms with Crippen LogP contribution in [0.3, 0.4) is 0 Å². The van der Waals surface area contributed by atoms with E-state index in [9.17, 15) is 4.79 Å². The largest absolute Gasteiger partial charge is 0.384 e. The van der Waals surface area contributed by atoms with Crippen molar-refractivity contribution in [2.24, 2.45) is 11.8 Å². The van der Waals surface area contributed by atoms with Crippen molar-refractivity contribution in [3.63, 3.8) is 0 Å². The summed E-state index contributed by atoms with van der Waals surface area (Å²) in [5.41, 5.74) is 0. The Bertz CT molecular complexity index is 264. The van der Waals surface area contributed by atoms with E-state index in [2.05, 4.69) is 12.2 Å². The lowest BCUT2D eigenvalue weighted by Crippen LogP contribution is -2.48. The Kier molecular flexibility index (Phi) is 4.40. The van der Waals surface area contributed by atoms with Crippen molar-refractivity contribution in [2.75, 3.05) is 33.4 Å². The third-order valence-corrected chi connectivity index (χ3v) is 4.07. The number of hydrogen-bond donors (Lipinski definition) is 1. The molecule has 0 saturated carbocycles. The number of carbonyl (C=O) groups is 1. The summed E-state index contributed by atoms with van der Waals surface area (Å²) in [7, 11) is 1.74. The second-order valence-electron chi connectivity index (χ2n) is 5.44. The first-order chi connectivity index (χ1) is 8.22. The van der Waals surface area contributed by atoms with Gasteiger partial charge in [0, 0.05) is 26.1 Å². The summed E-state index contributed by atoms with van der Waals surface area (Å²) < 4.78 is 5.22. The Balaban J connectivity index is 1.88. The molecule has 0 spiro atoms. The fraction of sp³-hybridized carbons (Fsp3) is 0.923. The lowest BCUT2D eigenvalue weighted by molar-refractivity contribution is -0.133. The van der Waals surface area contributed by atoms with Gasteiger partial charge in [0.05, 0.1) is 12.6 Å². The van der Waals surface area contributed by atoms with Gasteiger partial charge in [-0.15, -0.1) is 0 Å². The number of rotatable bonds is 3. The number of nitrogens with zero attached hydrogens (tertiary/aromatic N) is 1. The molecule has 0 radical (unpaired) electrons. The maximum atomic E-state index is 12.3. The smallest absolute Gasteiger partial charge is 0.239 e. The lowest BCUT2D eigenvalue weighted by Gasteiger charge is -2.27. The summed E-state index contributed by atoms with van der Waals surface area (Å²) >= 11 is 0. The van der Waals surface area contributed by atoms with Gasteiger partial charge in [-0.1, -0.05) is 13.3 Å². The van der Waals surface area contributed by atoms with Crippen LogP contribution in [0.2, 0.25) is 0 Å². The van der Waals surface area contributed by atoms with Crippen molar-refractivity contribution < 1.29 is 9.53 Å². The molecular formula is C13H24N2O2. The number of ether oxygens (including phenoxy) is 1. The molecule has 2 aliphatic heterocycles. The summed E-state index contributed by atoms with van der Waals surface area (Å²) in [6, 6.07) is 0.0669. The monoisotopic (exact) mass is 240 g/mol. The van der Waals surface area contributed by atoms with Gasteiger partial charge in [-0.3, -0.25) is 4.79 Å². The van der Waals surface area contributed by atoms with Crippen LogP contribution in [0.5, 0.6) is 0 Å². The number of amides is 1. The molecule has 98 valence electrons. The number of hydrogen-bond acceptors (Lipinski definition) is 3. The first kappa shape index (κ1) is 12.8. The van der Waals surface area contributed by atoms with Gasteiger partial charge in [-0.2, -0.15) is 0 Å². The van der Waals surface area contributed by atoms with Crippen molar-refractivity contribution in [3.05, 3.63) is 0 Å². The normalized spacial score (nSPS) is 34.0. The van der Waals surface area contributed by atoms with Crippen molar-refractivity contribution in [2.45, 2.75) is 32.2 Å². The zero-order valence-electron chi connectivity index (χ0n) is 10.9. The lowest BCUT2D eigenvalue weighted by atomic mass is 10.00. The third kappa shape index (κ3) is 2.99. The van der Waals surface area contributed by atoms with Gasteiger partial charge in [-0.25, -0.2) is 0 Å². The molecule has 17 heavy (non-hydrogen) atoms. The summed E-state index contributed by atoms with van der Waals surface area (Å²) in [6.45, 7) is 5.73. The van der Waals surface area contributed by atoms with Crippen LogP contribution in [0.15, 0.2) is 0 Å². The fourth-order valence-electron chi connectivity index (χ4n) is 2.93. The van der Waals surface area contributed by atoms with Crippen LogP contribution in [-0.2, 0) is 9.53 Å². The first-order valence-electron chi connectivity index (χ1n) is 6.73. The van der Waals surface area contributed by atoms with Gasteiger partial charge in [-0.05, 0) is 25.3 Å². The van der Waals surface area contributed by atoms with Crippen molar-refractivity contribution in [1.29, 1.82) is 0 Å². The zero-order chi connectivity index (χ0) is 12.3. The number of piperidine rings is 1. The highest BCUT2D eigenvalue weighted by Crippen LogP contribution is 2.24. The SMILES string of the molecule is COC[C@@H]1CN(C(=O)[C@H]2CCCCN2)C[C@@H]1C. The Labute approximate surface area is 104 Å². The molecule has 0 aromatic rings. The Hall–Kier alpha value is -0.610. The minimum Gasteiger partial charge on any atom is -0.384 e. The second-order valence-corrected chi connectivity index (χ2v) is 5.44. The van der Waals surface area contributed by atoms with Crippen LogP contribution in [-0.4, -0.2) is 50.2 Å². The molecule has 2 aliphatic rings. The van der Waals surface area contributed by atoms with Gasteiger partial charge in [0.25, 0.3) is 0 Å². The highest BCUT2D eigenvalue weighted by Gasteiger charge is 2.35. The predicted octanol–water partition coefficient (Wildman–Crippen LogP) is 0.869. The highest BCUT2D eigenvalue weighted by molar-refractivity contribution is 5.82. The van der Waals surface area contributed by atoms with E-state index in [-0.39, 0.29) is 6.04 Å². The topological polar surface area (TPSA) is 41.6 Å². The molecule has 0 aliphatic carbocycles. The summed E-state index contributed by atoms with van der Waals surface area (Å²) in [4.78, 5) is 14.3. The number of likely N-dealkylation sites (tertiary alicyclic amines) is 1. The highest BCUT2D eigenvalue weighted by atomic mass is 16.5. The number of carbonyl (C=O) groups excluding carboxylic acids is 1. The van der Waals surface area contributed by atoms with Gasteiger partial charge in [0.1, 0.15) is 0 Å². The van der Waals surface area contributed by atoms with Crippen LogP contribution >= 0.6 is 0 Å². The Morgan fingerprint density at radius 2 is 2.24 bits per heavy atom. The molecule has 0 aromatic carbocycles. The van der Waals surface area contributed by atoms with Gasteiger partial charge in [0.15, 0.2) is 0 Å². The molecule has 3 atom stereocenters. The first-order valence-corrected chi connectivity index (χ1v) is 6.73. The number of nitrogens with one attached hydrogen (secondary N) is 1. The van der Waals surface area contributed by atoms with E-state index >= 15 is 0 Å². The summed E-state index contributed by atoms with van der Waals surface area (Å²) in [5.74, 6) is 1.37. The molecule has 2 saturated heterocycles. The van der Waals surface area contributed by atoms with Crippen LogP contribution in [0.25, 0.3) is 0 Å². The minimum atomic E-state index is 0.0669. The molecule has 1 amide bonds. The molecule has 0 aromatic heterocycles. The predicted molar refractivity (Wildman–Crippen MR) is 66.8 cm³/mol. The Morgan fingerprint density at radius 3 is 2.88 bits per heavy atom. The van der Waals surface area contributed by atoms with Crippen LogP contribution in [0, 0.1) is 11.8 Å². The van der Waals surface area contributed by atoms with Gasteiger partial charge in [0.2, 0.25) is 5.91 Å². The molecule has 0 unspecified atom stereocenters. The van der Waals surface area contributed by atoms with E-state index in [1.54, 1.807) is 7.11 Å². The van der Waals surface area contributed by atoms with Crippen molar-refractivity contribution >= 4 is 5.91 Å². The van der Waals surface area contributed by atoms with E-state index in [0.717, 1.165) is 32.7 Å².